The molecule has 0 bridgehead atoms. The predicted molar refractivity (Wildman–Crippen MR) is 74.3 cm³/mol. The molecular weight excluding hydrogens is 282 g/mol. The van der Waals surface area contributed by atoms with Crippen molar-refractivity contribution in [2.45, 2.75) is 51.7 Å². The number of halogens is 4. The summed E-state index contributed by atoms with van der Waals surface area (Å²) < 4.78 is 51.2. The van der Waals surface area contributed by atoms with E-state index in [1.807, 2.05) is 0 Å². The lowest BCUT2D eigenvalue weighted by Crippen LogP contribution is -2.31. The van der Waals surface area contributed by atoms with Crippen LogP contribution >= 0.6 is 0 Å². The zero-order valence-electron chi connectivity index (χ0n) is 12.2. The van der Waals surface area contributed by atoms with Crippen LogP contribution in [0.3, 0.4) is 0 Å². The quantitative estimate of drug-likeness (QED) is 0.763. The summed E-state index contributed by atoms with van der Waals surface area (Å²) in [6, 6.07) is 2.72. The van der Waals surface area contributed by atoms with E-state index in [-0.39, 0.29) is 12.0 Å². The molecule has 1 nitrogen and oxygen atoms in total. The molecule has 0 aromatic heterocycles. The van der Waals surface area contributed by atoms with Crippen molar-refractivity contribution in [2.75, 3.05) is 6.54 Å². The van der Waals surface area contributed by atoms with Crippen LogP contribution in [0.15, 0.2) is 18.2 Å². The van der Waals surface area contributed by atoms with E-state index in [1.54, 1.807) is 0 Å². The number of alkyl halides is 3. The van der Waals surface area contributed by atoms with Crippen molar-refractivity contribution in [1.82, 2.24) is 5.32 Å². The van der Waals surface area contributed by atoms with Gasteiger partial charge >= 0.3 is 6.18 Å². The van der Waals surface area contributed by atoms with Crippen LogP contribution in [0.4, 0.5) is 17.6 Å². The Bertz CT molecular complexity index is 476. The van der Waals surface area contributed by atoms with Crippen LogP contribution < -0.4 is 5.32 Å². The summed E-state index contributed by atoms with van der Waals surface area (Å²) in [7, 11) is 0. The van der Waals surface area contributed by atoms with E-state index in [0.29, 0.717) is 11.6 Å². The molecule has 1 aliphatic rings. The number of nitrogens with one attached hydrogen (secondary N) is 1. The summed E-state index contributed by atoms with van der Waals surface area (Å²) in [6.07, 6.45) is 1.31. The second-order valence-electron chi connectivity index (χ2n) is 6.01. The molecule has 2 rings (SSSR count). The van der Waals surface area contributed by atoms with Gasteiger partial charge in [0.15, 0.2) is 0 Å². The van der Waals surface area contributed by atoms with Gasteiger partial charge < -0.3 is 5.32 Å². The van der Waals surface area contributed by atoms with Crippen molar-refractivity contribution in [3.05, 3.63) is 35.1 Å². The average Bonchev–Trinajstić information content (AvgIpc) is 2.86. The van der Waals surface area contributed by atoms with E-state index in [4.69, 9.17) is 0 Å². The van der Waals surface area contributed by atoms with Gasteiger partial charge in [-0.2, -0.15) is 13.2 Å². The van der Waals surface area contributed by atoms with E-state index >= 15 is 0 Å². The maximum atomic E-state index is 13.3. The maximum Gasteiger partial charge on any atom is 0.416 e. The molecule has 5 heteroatoms. The first-order chi connectivity index (χ1) is 9.85. The fourth-order valence-corrected chi connectivity index (χ4v) is 3.17. The van der Waals surface area contributed by atoms with Crippen molar-refractivity contribution in [3.8, 4) is 0 Å². The molecule has 0 unspecified atom stereocenters. The first-order valence-electron chi connectivity index (χ1n) is 7.42. The second-order valence-corrected chi connectivity index (χ2v) is 6.01. The van der Waals surface area contributed by atoms with Crippen molar-refractivity contribution in [2.24, 2.45) is 5.41 Å². The topological polar surface area (TPSA) is 12.0 Å². The fraction of sp³-hybridized carbons (Fsp3) is 0.625. The van der Waals surface area contributed by atoms with E-state index in [0.717, 1.165) is 37.9 Å². The number of benzene rings is 1. The first kappa shape index (κ1) is 16.3. The smallest absolute Gasteiger partial charge is 0.312 e. The second kappa shape index (κ2) is 6.34. The molecule has 118 valence electrons. The highest BCUT2D eigenvalue weighted by atomic mass is 19.4. The molecule has 0 atom stereocenters. The molecule has 0 heterocycles. The van der Waals surface area contributed by atoms with Gasteiger partial charge in [-0.25, -0.2) is 4.39 Å². The van der Waals surface area contributed by atoms with Gasteiger partial charge in [0, 0.05) is 13.1 Å². The number of rotatable bonds is 5. The molecule has 0 saturated heterocycles. The van der Waals surface area contributed by atoms with Crippen LogP contribution in [0.1, 0.15) is 50.2 Å². The summed E-state index contributed by atoms with van der Waals surface area (Å²) in [5, 5.41) is 3.21. The third-order valence-corrected chi connectivity index (χ3v) is 4.53. The number of hydrogen-bond donors (Lipinski definition) is 1. The average molecular weight is 303 g/mol. The first-order valence-corrected chi connectivity index (χ1v) is 7.42. The molecule has 0 amide bonds. The molecule has 1 aliphatic carbocycles. The van der Waals surface area contributed by atoms with Crippen molar-refractivity contribution < 1.29 is 17.6 Å². The minimum Gasteiger partial charge on any atom is -0.312 e. The van der Waals surface area contributed by atoms with Gasteiger partial charge in [0.1, 0.15) is 5.82 Å². The summed E-state index contributed by atoms with van der Waals surface area (Å²) in [5.74, 6) is -0.840. The highest BCUT2D eigenvalue weighted by Gasteiger charge is 2.32. The Morgan fingerprint density at radius 3 is 2.38 bits per heavy atom. The highest BCUT2D eigenvalue weighted by molar-refractivity contribution is 5.26. The lowest BCUT2D eigenvalue weighted by atomic mass is 9.83. The summed E-state index contributed by atoms with van der Waals surface area (Å²) in [5.41, 5.74) is -0.322. The molecule has 1 fully saturated rings. The Morgan fingerprint density at radius 1 is 1.14 bits per heavy atom. The van der Waals surface area contributed by atoms with Crippen LogP contribution in [0, 0.1) is 11.2 Å². The summed E-state index contributed by atoms with van der Waals surface area (Å²) in [6.45, 7) is 3.20. The predicted octanol–water partition coefficient (Wildman–Crippen LogP) is 4.90. The van der Waals surface area contributed by atoms with Gasteiger partial charge in [0.25, 0.3) is 0 Å². The monoisotopic (exact) mass is 303 g/mol. The van der Waals surface area contributed by atoms with Crippen LogP contribution in [0.25, 0.3) is 0 Å². The molecule has 1 N–H and O–H groups in total. The van der Waals surface area contributed by atoms with E-state index < -0.39 is 17.6 Å². The Hall–Kier alpha value is -1.10. The minimum atomic E-state index is -4.51. The van der Waals surface area contributed by atoms with Crippen molar-refractivity contribution in [3.63, 3.8) is 0 Å². The Labute approximate surface area is 122 Å². The maximum absolute atomic E-state index is 13.3. The van der Waals surface area contributed by atoms with Gasteiger partial charge in [-0.15, -0.1) is 0 Å². The zero-order valence-corrected chi connectivity index (χ0v) is 12.2. The number of hydrogen-bond acceptors (Lipinski definition) is 1. The van der Waals surface area contributed by atoms with Gasteiger partial charge in [0.2, 0.25) is 0 Å². The Kier molecular flexibility index (Phi) is 4.91. The normalized spacial score (nSPS) is 18.1. The Balaban J connectivity index is 1.98. The van der Waals surface area contributed by atoms with Crippen LogP contribution in [0.2, 0.25) is 0 Å². The fourth-order valence-electron chi connectivity index (χ4n) is 3.17. The van der Waals surface area contributed by atoms with Gasteiger partial charge in [-0.1, -0.05) is 19.8 Å². The van der Waals surface area contributed by atoms with E-state index in [9.17, 15) is 17.6 Å². The van der Waals surface area contributed by atoms with E-state index in [1.165, 1.54) is 12.8 Å². The van der Waals surface area contributed by atoms with Gasteiger partial charge in [-0.05, 0) is 48.4 Å². The van der Waals surface area contributed by atoms with Crippen LogP contribution in [0.5, 0.6) is 0 Å². The minimum absolute atomic E-state index is 0.264. The SMILES string of the molecule is CCC1(CNCc2cc(F)cc(C(F)(F)F)c2)CCCC1. The summed E-state index contributed by atoms with van der Waals surface area (Å²) >= 11 is 0. The molecule has 1 aromatic carbocycles. The molecule has 0 radical (unpaired) electrons. The summed E-state index contributed by atoms with van der Waals surface area (Å²) in [4.78, 5) is 0. The molecule has 1 aromatic rings. The van der Waals surface area contributed by atoms with Crippen LogP contribution in [-0.4, -0.2) is 6.54 Å². The third kappa shape index (κ3) is 4.19. The molecule has 1 saturated carbocycles. The Morgan fingerprint density at radius 2 is 1.81 bits per heavy atom. The van der Waals surface area contributed by atoms with Crippen molar-refractivity contribution in [1.29, 1.82) is 0 Å². The molecule has 21 heavy (non-hydrogen) atoms. The largest absolute Gasteiger partial charge is 0.416 e. The lowest BCUT2D eigenvalue weighted by molar-refractivity contribution is -0.137. The van der Waals surface area contributed by atoms with Crippen LogP contribution in [-0.2, 0) is 12.7 Å². The van der Waals surface area contributed by atoms with Crippen molar-refractivity contribution >= 4 is 0 Å². The zero-order chi connectivity index (χ0) is 15.5. The third-order valence-electron chi connectivity index (χ3n) is 4.53. The molecular formula is C16H21F4N. The van der Waals surface area contributed by atoms with Gasteiger partial charge in [-0.3, -0.25) is 0 Å². The van der Waals surface area contributed by atoms with E-state index in [2.05, 4.69) is 12.2 Å². The molecule has 0 aliphatic heterocycles. The van der Waals surface area contributed by atoms with Gasteiger partial charge in [0.05, 0.1) is 5.56 Å². The standard InChI is InChI=1S/C16H21F4N/c1-2-15(5-3-4-6-15)11-21-10-12-7-13(16(18,19)20)9-14(17)8-12/h7-9,21H,2-6,10-11H2,1H3. The highest BCUT2D eigenvalue weighted by Crippen LogP contribution is 2.40. The molecule has 0 spiro atoms. The lowest BCUT2D eigenvalue weighted by Gasteiger charge is -2.27.